The molecule has 2 aliphatic rings. The van der Waals surface area contributed by atoms with Gasteiger partial charge in [0, 0.05) is 33.7 Å². The minimum Gasteiger partial charge on any atom is -0.337 e. The maximum atomic E-state index is 12.9. The number of nitrogens with zero attached hydrogens (tertiary/aromatic N) is 4. The number of hydrogen-bond acceptors (Lipinski definition) is 7. The number of aromatic nitrogens is 2. The van der Waals surface area contributed by atoms with E-state index in [1.807, 2.05) is 41.5 Å². The summed E-state index contributed by atoms with van der Waals surface area (Å²) in [4.78, 5) is 20.2. The first-order chi connectivity index (χ1) is 13.7. The predicted octanol–water partition coefficient (Wildman–Crippen LogP) is 3.69. The van der Waals surface area contributed by atoms with Crippen LogP contribution >= 0.6 is 27.3 Å². The molecule has 0 radical (unpaired) electrons. The number of halogens is 1. The van der Waals surface area contributed by atoms with Crippen LogP contribution in [-0.2, 0) is 11.3 Å². The number of hydrogen-bond donors (Lipinski definition) is 1. The standard InChI is InChI=1S/C19H16BrN5O2S/c20-13-5-3-12(4-6-13)18-21-17(27-23-18)11-24-7-8-25-15(19(24)26)10-14(22-25)16-2-1-9-28-16/h1-9,14-15,22H,10-11H2. The van der Waals surface area contributed by atoms with Crippen LogP contribution in [0, 0.1) is 0 Å². The van der Waals surface area contributed by atoms with Gasteiger partial charge in [0.1, 0.15) is 12.6 Å². The Morgan fingerprint density at radius 1 is 1.25 bits per heavy atom. The van der Waals surface area contributed by atoms with Crippen LogP contribution in [-0.4, -0.2) is 32.0 Å². The Morgan fingerprint density at radius 2 is 2.11 bits per heavy atom. The van der Waals surface area contributed by atoms with Gasteiger partial charge >= 0.3 is 0 Å². The van der Waals surface area contributed by atoms with Gasteiger partial charge in [-0.3, -0.25) is 4.79 Å². The lowest BCUT2D eigenvalue weighted by Crippen LogP contribution is -2.47. The third-order valence-electron chi connectivity index (χ3n) is 4.84. The van der Waals surface area contributed by atoms with Crippen molar-refractivity contribution in [1.82, 2.24) is 25.5 Å². The molecule has 9 heteroatoms. The lowest BCUT2D eigenvalue weighted by Gasteiger charge is -2.30. The fourth-order valence-corrected chi connectivity index (χ4v) is 4.47. The van der Waals surface area contributed by atoms with Gasteiger partial charge in [-0.2, -0.15) is 4.98 Å². The Morgan fingerprint density at radius 3 is 2.89 bits per heavy atom. The molecule has 28 heavy (non-hydrogen) atoms. The molecule has 1 fully saturated rings. The van der Waals surface area contributed by atoms with Crippen molar-refractivity contribution in [2.24, 2.45) is 0 Å². The van der Waals surface area contributed by atoms with Crippen LogP contribution in [0.1, 0.15) is 23.2 Å². The number of thiophene rings is 1. The number of fused-ring (bicyclic) bond motifs is 1. The summed E-state index contributed by atoms with van der Waals surface area (Å²) in [5.74, 6) is 0.945. The van der Waals surface area contributed by atoms with Gasteiger partial charge in [0.15, 0.2) is 0 Å². The van der Waals surface area contributed by atoms with E-state index in [0.717, 1.165) is 16.5 Å². The van der Waals surface area contributed by atoms with Gasteiger partial charge in [-0.25, -0.2) is 5.43 Å². The molecular weight excluding hydrogens is 442 g/mol. The van der Waals surface area contributed by atoms with Crippen molar-refractivity contribution < 1.29 is 9.32 Å². The van der Waals surface area contributed by atoms with Crippen LogP contribution < -0.4 is 5.43 Å². The second kappa shape index (κ2) is 7.16. The highest BCUT2D eigenvalue weighted by Crippen LogP contribution is 2.33. The summed E-state index contributed by atoms with van der Waals surface area (Å²) < 4.78 is 6.35. The monoisotopic (exact) mass is 457 g/mol. The second-order valence-corrected chi connectivity index (χ2v) is 8.53. The molecule has 0 saturated carbocycles. The summed E-state index contributed by atoms with van der Waals surface area (Å²) in [5, 5.41) is 7.98. The molecule has 1 aromatic carbocycles. The zero-order chi connectivity index (χ0) is 19.1. The lowest BCUT2D eigenvalue weighted by molar-refractivity contribution is -0.135. The van der Waals surface area contributed by atoms with Crippen LogP contribution in [0.15, 0.2) is 63.2 Å². The van der Waals surface area contributed by atoms with Gasteiger partial charge in [0.25, 0.3) is 5.91 Å². The molecule has 5 rings (SSSR count). The third-order valence-corrected chi connectivity index (χ3v) is 6.35. The molecule has 142 valence electrons. The SMILES string of the molecule is O=C1C2CC(c3cccs3)NN2C=CN1Cc1nc(-c2ccc(Br)cc2)no1. The number of carbonyl (C=O) groups excluding carboxylic acids is 1. The van der Waals surface area contributed by atoms with Crippen molar-refractivity contribution in [3.05, 3.63) is 69.4 Å². The summed E-state index contributed by atoms with van der Waals surface area (Å²) in [5.41, 5.74) is 4.26. The van der Waals surface area contributed by atoms with E-state index in [0.29, 0.717) is 11.7 Å². The number of amides is 1. The first-order valence-electron chi connectivity index (χ1n) is 8.82. The van der Waals surface area contributed by atoms with E-state index in [1.165, 1.54) is 4.88 Å². The first-order valence-corrected chi connectivity index (χ1v) is 10.5. The average molecular weight is 458 g/mol. The summed E-state index contributed by atoms with van der Waals surface area (Å²) in [6.45, 7) is 0.257. The molecule has 3 aromatic rings. The van der Waals surface area contributed by atoms with Gasteiger partial charge in [-0.1, -0.05) is 27.2 Å². The number of carbonyl (C=O) groups is 1. The average Bonchev–Trinajstić information content (AvgIpc) is 3.45. The van der Waals surface area contributed by atoms with Gasteiger partial charge in [-0.15, -0.1) is 11.3 Å². The first kappa shape index (κ1) is 17.6. The molecule has 2 aliphatic heterocycles. The summed E-state index contributed by atoms with van der Waals surface area (Å²) in [6, 6.07) is 11.7. The predicted molar refractivity (Wildman–Crippen MR) is 108 cm³/mol. The lowest BCUT2D eigenvalue weighted by atomic mass is 10.1. The molecule has 2 aromatic heterocycles. The van der Waals surface area contributed by atoms with Crippen molar-refractivity contribution in [3.63, 3.8) is 0 Å². The van der Waals surface area contributed by atoms with Crippen molar-refractivity contribution in [2.75, 3.05) is 0 Å². The van der Waals surface area contributed by atoms with Gasteiger partial charge in [0.2, 0.25) is 11.7 Å². The smallest absolute Gasteiger partial charge is 0.251 e. The highest BCUT2D eigenvalue weighted by Gasteiger charge is 2.40. The van der Waals surface area contributed by atoms with E-state index in [1.54, 1.807) is 22.4 Å². The molecule has 4 heterocycles. The van der Waals surface area contributed by atoms with E-state index in [9.17, 15) is 4.79 Å². The molecular formula is C19H16BrN5O2S. The summed E-state index contributed by atoms with van der Waals surface area (Å²) >= 11 is 5.11. The minimum atomic E-state index is -0.231. The van der Waals surface area contributed by atoms with Gasteiger partial charge < -0.3 is 14.4 Å². The van der Waals surface area contributed by atoms with Crippen molar-refractivity contribution in [1.29, 1.82) is 0 Å². The molecule has 0 aliphatic carbocycles. The maximum absolute atomic E-state index is 12.9. The van der Waals surface area contributed by atoms with Crippen molar-refractivity contribution in [2.45, 2.75) is 25.0 Å². The molecule has 0 spiro atoms. The van der Waals surface area contributed by atoms with Crippen LogP contribution in [0.2, 0.25) is 0 Å². The fraction of sp³-hybridized carbons (Fsp3) is 0.211. The largest absolute Gasteiger partial charge is 0.337 e. The molecule has 0 bridgehead atoms. The molecule has 2 unspecified atom stereocenters. The third kappa shape index (κ3) is 3.25. The molecule has 1 N–H and O–H groups in total. The van der Waals surface area contributed by atoms with E-state index >= 15 is 0 Å². The Bertz CT molecular complexity index is 1020. The Balaban J connectivity index is 1.29. The second-order valence-electron chi connectivity index (χ2n) is 6.64. The van der Waals surface area contributed by atoms with Gasteiger partial charge in [-0.05, 0) is 35.7 Å². The van der Waals surface area contributed by atoms with E-state index in [-0.39, 0.29) is 24.5 Å². The maximum Gasteiger partial charge on any atom is 0.251 e. The quantitative estimate of drug-likeness (QED) is 0.643. The fourth-order valence-electron chi connectivity index (χ4n) is 3.42. The highest BCUT2D eigenvalue weighted by molar-refractivity contribution is 9.10. The van der Waals surface area contributed by atoms with Gasteiger partial charge in [0.05, 0.1) is 6.04 Å². The Labute approximate surface area is 173 Å². The van der Waals surface area contributed by atoms with Crippen LogP contribution in [0.25, 0.3) is 11.4 Å². The van der Waals surface area contributed by atoms with E-state index in [2.05, 4.69) is 42.9 Å². The summed E-state index contributed by atoms with van der Waals surface area (Å²) in [7, 11) is 0. The number of hydrazine groups is 1. The zero-order valence-electron chi connectivity index (χ0n) is 14.7. The zero-order valence-corrected chi connectivity index (χ0v) is 17.1. The highest BCUT2D eigenvalue weighted by atomic mass is 79.9. The van der Waals surface area contributed by atoms with E-state index in [4.69, 9.17) is 4.52 Å². The number of nitrogens with one attached hydrogen (secondary N) is 1. The Kier molecular flexibility index (Phi) is 4.50. The minimum absolute atomic E-state index is 0.0254. The molecule has 1 amide bonds. The number of benzene rings is 1. The van der Waals surface area contributed by atoms with Crippen LogP contribution in [0.4, 0.5) is 0 Å². The van der Waals surface area contributed by atoms with E-state index < -0.39 is 0 Å². The van der Waals surface area contributed by atoms with Crippen molar-refractivity contribution >= 4 is 33.2 Å². The van der Waals surface area contributed by atoms with Crippen molar-refractivity contribution in [3.8, 4) is 11.4 Å². The molecule has 1 saturated heterocycles. The summed E-state index contributed by atoms with van der Waals surface area (Å²) in [6.07, 6.45) is 4.38. The Hall–Kier alpha value is -2.49. The number of rotatable bonds is 4. The topological polar surface area (TPSA) is 74.5 Å². The molecule has 7 nitrogen and oxygen atoms in total. The van der Waals surface area contributed by atoms with Crippen LogP contribution in [0.3, 0.4) is 0 Å². The normalized spacial score (nSPS) is 21.4. The van der Waals surface area contributed by atoms with Crippen LogP contribution in [0.5, 0.6) is 0 Å². The molecule has 2 atom stereocenters.